The van der Waals surface area contributed by atoms with E-state index in [-0.39, 0.29) is 71.6 Å². The fourth-order valence-electron chi connectivity index (χ4n) is 4.25. The Morgan fingerprint density at radius 3 is 1.92 bits per heavy atom. The fraction of sp³-hybridized carbons (Fsp3) is 0.120. The SMILES string of the molecule is O=C(Oc1ccc(N2C(=O)c3c(Cl)c(Cl)c(Cl)c(Cl)c3C2=O)cc1)[C@H]1CC(=O)N(c2cccc(Cl)c2Cl)C1. The van der Waals surface area contributed by atoms with Crippen LogP contribution in [0, 0.1) is 5.92 Å². The maximum atomic E-state index is 13.0. The van der Waals surface area contributed by atoms with E-state index in [1.807, 2.05) is 0 Å². The molecule has 194 valence electrons. The summed E-state index contributed by atoms with van der Waals surface area (Å²) in [6.45, 7) is 0.0670. The van der Waals surface area contributed by atoms with Crippen molar-refractivity contribution in [3.63, 3.8) is 0 Å². The van der Waals surface area contributed by atoms with E-state index in [2.05, 4.69) is 0 Å². The molecule has 38 heavy (non-hydrogen) atoms. The molecule has 5 rings (SSSR count). The number of fused-ring (bicyclic) bond motifs is 1. The van der Waals surface area contributed by atoms with Crippen LogP contribution in [0.25, 0.3) is 0 Å². The monoisotopic (exact) mass is 630 g/mol. The molecule has 0 aliphatic carbocycles. The number of esters is 1. The molecule has 2 aliphatic heterocycles. The summed E-state index contributed by atoms with van der Waals surface area (Å²) in [5.74, 6) is -2.99. The minimum atomic E-state index is -0.743. The smallest absolute Gasteiger partial charge is 0.316 e. The van der Waals surface area contributed by atoms with E-state index in [0.717, 1.165) is 4.90 Å². The van der Waals surface area contributed by atoms with Crippen molar-refractivity contribution in [2.24, 2.45) is 5.92 Å². The van der Waals surface area contributed by atoms with Crippen molar-refractivity contribution in [2.45, 2.75) is 6.42 Å². The largest absolute Gasteiger partial charge is 0.426 e. The Bertz CT molecular complexity index is 1510. The number of carbonyl (C=O) groups excluding carboxylic acids is 4. The minimum Gasteiger partial charge on any atom is -0.426 e. The van der Waals surface area contributed by atoms with E-state index in [1.165, 1.54) is 29.2 Å². The van der Waals surface area contributed by atoms with Gasteiger partial charge in [0.15, 0.2) is 0 Å². The number of imide groups is 1. The lowest BCUT2D eigenvalue weighted by atomic mass is 10.1. The maximum absolute atomic E-state index is 13.0. The molecule has 0 unspecified atom stereocenters. The van der Waals surface area contributed by atoms with Gasteiger partial charge >= 0.3 is 5.97 Å². The summed E-state index contributed by atoms with van der Waals surface area (Å²) in [7, 11) is 0. The van der Waals surface area contributed by atoms with E-state index in [4.69, 9.17) is 74.3 Å². The first-order valence-electron chi connectivity index (χ1n) is 10.8. The summed E-state index contributed by atoms with van der Waals surface area (Å²) in [4.78, 5) is 53.6. The number of nitrogens with zero attached hydrogens (tertiary/aromatic N) is 2. The van der Waals surface area contributed by atoms with Crippen molar-refractivity contribution in [1.82, 2.24) is 0 Å². The molecule has 13 heteroatoms. The lowest BCUT2D eigenvalue weighted by molar-refractivity contribution is -0.139. The molecule has 7 nitrogen and oxygen atoms in total. The average Bonchev–Trinajstić information content (AvgIpc) is 3.40. The van der Waals surface area contributed by atoms with Gasteiger partial charge in [-0.25, -0.2) is 4.90 Å². The van der Waals surface area contributed by atoms with Crippen molar-refractivity contribution in [3.8, 4) is 5.75 Å². The van der Waals surface area contributed by atoms with Gasteiger partial charge in [0, 0.05) is 13.0 Å². The predicted octanol–water partition coefficient (Wildman–Crippen LogP) is 7.37. The molecule has 0 radical (unpaired) electrons. The van der Waals surface area contributed by atoms with Crippen molar-refractivity contribution in [2.75, 3.05) is 16.3 Å². The third-order valence-electron chi connectivity index (χ3n) is 6.09. The van der Waals surface area contributed by atoms with Crippen LogP contribution < -0.4 is 14.5 Å². The molecule has 3 amide bonds. The maximum Gasteiger partial charge on any atom is 0.316 e. The Hall–Kier alpha value is -2.52. The number of amides is 3. The minimum absolute atomic E-state index is 0.0670. The number of carbonyl (C=O) groups is 4. The van der Waals surface area contributed by atoms with Crippen LogP contribution in [0.5, 0.6) is 5.75 Å². The number of ether oxygens (including phenoxy) is 1. The molecule has 0 saturated carbocycles. The number of hydrogen-bond acceptors (Lipinski definition) is 5. The number of hydrogen-bond donors (Lipinski definition) is 0. The summed E-state index contributed by atoms with van der Waals surface area (Å²) in [5.41, 5.74) is 0.282. The molecule has 0 N–H and O–H groups in total. The van der Waals surface area contributed by atoms with Crippen molar-refractivity contribution in [1.29, 1.82) is 0 Å². The van der Waals surface area contributed by atoms with Crippen LogP contribution in [0.2, 0.25) is 30.1 Å². The second-order valence-electron chi connectivity index (χ2n) is 8.34. The number of halogens is 6. The first-order chi connectivity index (χ1) is 18.0. The highest BCUT2D eigenvalue weighted by Crippen LogP contribution is 2.46. The molecule has 0 aromatic heterocycles. The van der Waals surface area contributed by atoms with Gasteiger partial charge in [-0.3, -0.25) is 19.2 Å². The third kappa shape index (κ3) is 4.41. The van der Waals surface area contributed by atoms with Crippen LogP contribution in [-0.4, -0.2) is 30.2 Å². The van der Waals surface area contributed by atoms with Gasteiger partial charge < -0.3 is 9.64 Å². The molecular formula is C25H12Cl6N2O5. The van der Waals surface area contributed by atoms with E-state index < -0.39 is 23.7 Å². The zero-order valence-corrected chi connectivity index (χ0v) is 23.3. The van der Waals surface area contributed by atoms with Gasteiger partial charge in [0.2, 0.25) is 5.91 Å². The van der Waals surface area contributed by atoms with Crippen LogP contribution in [0.1, 0.15) is 27.1 Å². The van der Waals surface area contributed by atoms with Crippen molar-refractivity contribution in [3.05, 3.63) is 83.7 Å². The van der Waals surface area contributed by atoms with Crippen LogP contribution in [0.3, 0.4) is 0 Å². The van der Waals surface area contributed by atoms with Crippen LogP contribution in [0.15, 0.2) is 42.5 Å². The summed E-state index contributed by atoms with van der Waals surface area (Å²) < 4.78 is 5.45. The zero-order chi connectivity index (χ0) is 27.5. The second kappa shape index (κ2) is 10.2. The van der Waals surface area contributed by atoms with Gasteiger partial charge in [-0.2, -0.15) is 0 Å². The van der Waals surface area contributed by atoms with E-state index in [9.17, 15) is 19.2 Å². The standard InChI is InChI=1S/C25H12Cl6N2O5/c26-13-2-1-3-14(18(13)27)32-9-10(8-15(32)34)25(37)38-12-6-4-11(5-7-12)33-23(35)16-17(24(33)36)20(29)22(31)21(30)19(16)28/h1-7,10H,8-9H2/t10-/m0/s1. The quantitative estimate of drug-likeness (QED) is 0.0986. The van der Waals surface area contributed by atoms with Gasteiger partial charge in [-0.15, -0.1) is 0 Å². The number of benzene rings is 3. The molecule has 0 bridgehead atoms. The van der Waals surface area contributed by atoms with Crippen LogP contribution in [0.4, 0.5) is 11.4 Å². The summed E-state index contributed by atoms with van der Waals surface area (Å²) in [6, 6.07) is 10.5. The van der Waals surface area contributed by atoms with Crippen LogP contribution in [-0.2, 0) is 9.59 Å². The van der Waals surface area contributed by atoms with Gasteiger partial charge in [0.1, 0.15) is 5.75 Å². The summed E-state index contributed by atoms with van der Waals surface area (Å²) >= 11 is 36.7. The third-order valence-corrected chi connectivity index (χ3v) is 8.71. The second-order valence-corrected chi connectivity index (χ2v) is 10.6. The van der Waals surface area contributed by atoms with Gasteiger partial charge in [-0.05, 0) is 36.4 Å². The molecule has 1 fully saturated rings. The van der Waals surface area contributed by atoms with E-state index in [0.29, 0.717) is 5.69 Å². The Morgan fingerprint density at radius 1 is 0.763 bits per heavy atom. The molecule has 0 spiro atoms. The topological polar surface area (TPSA) is 84.0 Å². The lowest BCUT2D eigenvalue weighted by Crippen LogP contribution is -2.29. The molecule has 3 aromatic rings. The summed E-state index contributed by atoms with van der Waals surface area (Å²) in [6.07, 6.45) is -0.0680. The number of anilines is 2. The molecule has 3 aromatic carbocycles. The van der Waals surface area contributed by atoms with E-state index >= 15 is 0 Å². The summed E-state index contributed by atoms with van der Waals surface area (Å²) in [5, 5.41) is -0.125. The van der Waals surface area contributed by atoms with Gasteiger partial charge in [-0.1, -0.05) is 75.7 Å². The normalized spacial score (nSPS) is 16.9. The first kappa shape index (κ1) is 27.1. The van der Waals surface area contributed by atoms with Gasteiger partial charge in [0.05, 0.1) is 58.6 Å². The highest BCUT2D eigenvalue weighted by Gasteiger charge is 2.42. The van der Waals surface area contributed by atoms with Crippen LogP contribution >= 0.6 is 69.6 Å². The Morgan fingerprint density at radius 2 is 1.34 bits per heavy atom. The molecular weight excluding hydrogens is 621 g/mol. The Kier molecular flexibility index (Phi) is 7.28. The predicted molar refractivity (Wildman–Crippen MR) is 147 cm³/mol. The van der Waals surface area contributed by atoms with Gasteiger partial charge in [0.25, 0.3) is 11.8 Å². The molecule has 2 aliphatic rings. The Balaban J connectivity index is 1.32. The first-order valence-corrected chi connectivity index (χ1v) is 13.1. The Labute approximate surface area is 245 Å². The fourth-order valence-corrected chi connectivity index (χ4v) is 5.66. The average molecular weight is 633 g/mol. The van der Waals surface area contributed by atoms with E-state index in [1.54, 1.807) is 18.2 Å². The highest BCUT2D eigenvalue weighted by atomic mass is 35.5. The zero-order valence-electron chi connectivity index (χ0n) is 18.7. The molecule has 2 heterocycles. The number of rotatable bonds is 4. The highest BCUT2D eigenvalue weighted by molar-refractivity contribution is 6.56. The molecule has 1 saturated heterocycles. The van der Waals surface area contributed by atoms with Crippen molar-refractivity contribution >= 4 is 105 Å². The molecule has 1 atom stereocenters. The van der Waals surface area contributed by atoms with Crippen molar-refractivity contribution < 1.29 is 23.9 Å². The lowest BCUT2D eigenvalue weighted by Gasteiger charge is -2.18.